The molecule has 2 rings (SSSR count). The van der Waals surface area contributed by atoms with Crippen LogP contribution in [0.2, 0.25) is 0 Å². The molecule has 3 nitrogen and oxygen atoms in total. The summed E-state index contributed by atoms with van der Waals surface area (Å²) >= 11 is 0. The van der Waals surface area contributed by atoms with E-state index >= 15 is 0 Å². The first-order valence-corrected chi connectivity index (χ1v) is 5.06. The fraction of sp³-hybridized carbons (Fsp3) is 0.0769. The number of aromatic nitrogens is 1. The molecule has 0 aliphatic carbocycles. The molecule has 0 radical (unpaired) electrons. The summed E-state index contributed by atoms with van der Waals surface area (Å²) < 4.78 is 0. The summed E-state index contributed by atoms with van der Waals surface area (Å²) in [4.78, 5) is 4.16. The maximum atomic E-state index is 8.06. The number of nitrogens with two attached hydrogens (primary N) is 1. The second-order valence-corrected chi connectivity index (χ2v) is 3.63. The second-order valence-electron chi connectivity index (χ2n) is 3.63. The van der Waals surface area contributed by atoms with Gasteiger partial charge in [0, 0.05) is 16.8 Å². The van der Waals surface area contributed by atoms with E-state index < -0.39 is 0 Å². The van der Waals surface area contributed by atoms with E-state index in [-0.39, 0.29) is 0 Å². The van der Waals surface area contributed by atoms with E-state index in [1.165, 1.54) is 0 Å². The summed E-state index contributed by atoms with van der Waals surface area (Å²) in [5, 5.41) is 8.06. The zero-order valence-electron chi connectivity index (χ0n) is 9.07. The van der Waals surface area contributed by atoms with E-state index in [0.717, 1.165) is 11.3 Å². The van der Waals surface area contributed by atoms with Crippen molar-refractivity contribution in [3.8, 4) is 0 Å². The number of nitrogens with one attached hydrogen (secondary N) is 1. The van der Waals surface area contributed by atoms with Crippen LogP contribution in [0.25, 0.3) is 0 Å². The van der Waals surface area contributed by atoms with Crippen molar-refractivity contribution < 1.29 is 0 Å². The second kappa shape index (κ2) is 4.14. The molecule has 80 valence electrons. The monoisotopic (exact) mass is 211 g/mol. The Hall–Kier alpha value is -2.16. The van der Waals surface area contributed by atoms with Crippen molar-refractivity contribution in [2.24, 2.45) is 0 Å². The van der Waals surface area contributed by atoms with Crippen molar-refractivity contribution >= 4 is 11.5 Å². The molecule has 0 aliphatic heterocycles. The number of nitrogens with zero attached hydrogens (tertiary/aromatic N) is 1. The fourth-order valence-corrected chi connectivity index (χ4v) is 1.55. The average Bonchev–Trinajstić information content (AvgIpc) is 2.29. The van der Waals surface area contributed by atoms with Crippen LogP contribution >= 0.6 is 0 Å². The third-order valence-electron chi connectivity index (χ3n) is 2.40. The topological polar surface area (TPSA) is 62.8 Å². The summed E-state index contributed by atoms with van der Waals surface area (Å²) in [6.45, 7) is 1.88. The number of anilines is 1. The lowest BCUT2D eigenvalue weighted by Gasteiger charge is -2.07. The SMILES string of the molecule is Cc1ccc(C(=N)c2ccccc2)c(N)n1. The molecule has 0 aliphatic rings. The Morgan fingerprint density at radius 1 is 1.12 bits per heavy atom. The van der Waals surface area contributed by atoms with Gasteiger partial charge in [-0.3, -0.25) is 5.41 Å². The number of nitrogen functional groups attached to an aromatic ring is 1. The standard InChI is InChI=1S/C13H13N3/c1-9-7-8-11(13(15)16-9)12(14)10-5-3-2-4-6-10/h2-8,14H,1H3,(H2,15,16). The number of hydrogen-bond acceptors (Lipinski definition) is 3. The number of benzene rings is 1. The maximum Gasteiger partial charge on any atom is 0.133 e. The number of hydrogen-bond donors (Lipinski definition) is 2. The smallest absolute Gasteiger partial charge is 0.133 e. The third-order valence-corrected chi connectivity index (χ3v) is 2.40. The van der Waals surface area contributed by atoms with Gasteiger partial charge in [-0.2, -0.15) is 0 Å². The normalized spacial score (nSPS) is 10.1. The predicted molar refractivity (Wildman–Crippen MR) is 65.8 cm³/mol. The van der Waals surface area contributed by atoms with E-state index in [1.54, 1.807) is 0 Å². The van der Waals surface area contributed by atoms with Crippen LogP contribution in [0.15, 0.2) is 42.5 Å². The summed E-state index contributed by atoms with van der Waals surface area (Å²) in [5.41, 5.74) is 8.60. The van der Waals surface area contributed by atoms with Crippen LogP contribution in [0.3, 0.4) is 0 Å². The van der Waals surface area contributed by atoms with Crippen molar-refractivity contribution in [3.05, 3.63) is 59.3 Å². The summed E-state index contributed by atoms with van der Waals surface area (Å²) in [5.74, 6) is 0.411. The first-order chi connectivity index (χ1) is 7.68. The minimum Gasteiger partial charge on any atom is -0.383 e. The molecule has 0 saturated carbocycles. The van der Waals surface area contributed by atoms with Gasteiger partial charge in [0.05, 0.1) is 5.71 Å². The number of aryl methyl sites for hydroxylation is 1. The van der Waals surface area contributed by atoms with Gasteiger partial charge in [0.25, 0.3) is 0 Å². The molecule has 0 atom stereocenters. The molecule has 0 saturated heterocycles. The molecule has 16 heavy (non-hydrogen) atoms. The third kappa shape index (κ3) is 1.93. The van der Waals surface area contributed by atoms with E-state index in [1.807, 2.05) is 49.4 Å². The van der Waals surface area contributed by atoms with E-state index in [2.05, 4.69) is 4.98 Å². The van der Waals surface area contributed by atoms with E-state index in [9.17, 15) is 0 Å². The zero-order chi connectivity index (χ0) is 11.5. The first kappa shape index (κ1) is 10.4. The molecule has 0 amide bonds. The molecule has 0 bridgehead atoms. The lowest BCUT2D eigenvalue weighted by Crippen LogP contribution is -2.07. The molecule has 3 heteroatoms. The Morgan fingerprint density at radius 3 is 2.44 bits per heavy atom. The van der Waals surface area contributed by atoms with Crippen LogP contribution in [-0.4, -0.2) is 10.7 Å². The van der Waals surface area contributed by atoms with Crippen LogP contribution in [0, 0.1) is 12.3 Å². The van der Waals surface area contributed by atoms with Crippen molar-refractivity contribution in [2.75, 3.05) is 5.73 Å². The van der Waals surface area contributed by atoms with Gasteiger partial charge in [0.1, 0.15) is 5.82 Å². The largest absolute Gasteiger partial charge is 0.383 e. The fourth-order valence-electron chi connectivity index (χ4n) is 1.55. The molecular formula is C13H13N3. The number of pyridine rings is 1. The highest BCUT2D eigenvalue weighted by Gasteiger charge is 2.08. The van der Waals surface area contributed by atoms with Crippen LogP contribution in [0.4, 0.5) is 5.82 Å². The molecular weight excluding hydrogens is 198 g/mol. The highest BCUT2D eigenvalue weighted by Crippen LogP contribution is 2.14. The van der Waals surface area contributed by atoms with Gasteiger partial charge < -0.3 is 5.73 Å². The Kier molecular flexibility index (Phi) is 2.68. The molecule has 1 aromatic carbocycles. The zero-order valence-corrected chi connectivity index (χ0v) is 9.07. The molecule has 0 fully saturated rings. The van der Waals surface area contributed by atoms with Gasteiger partial charge in [0.15, 0.2) is 0 Å². The summed E-state index contributed by atoms with van der Waals surface area (Å²) in [6.07, 6.45) is 0. The quantitative estimate of drug-likeness (QED) is 0.749. The molecule has 0 unspecified atom stereocenters. The van der Waals surface area contributed by atoms with Crippen LogP contribution < -0.4 is 5.73 Å². The van der Waals surface area contributed by atoms with Gasteiger partial charge in [0.2, 0.25) is 0 Å². The van der Waals surface area contributed by atoms with Gasteiger partial charge in [-0.1, -0.05) is 30.3 Å². The van der Waals surface area contributed by atoms with Crippen LogP contribution in [0.5, 0.6) is 0 Å². The lowest BCUT2D eigenvalue weighted by molar-refractivity contribution is 1.20. The Bertz CT molecular complexity index is 518. The van der Waals surface area contributed by atoms with Crippen molar-refractivity contribution in [1.82, 2.24) is 4.98 Å². The molecule has 0 spiro atoms. The predicted octanol–water partition coefficient (Wildman–Crippen LogP) is 2.39. The van der Waals surface area contributed by atoms with E-state index in [4.69, 9.17) is 11.1 Å². The van der Waals surface area contributed by atoms with Gasteiger partial charge in [-0.15, -0.1) is 0 Å². The molecule has 1 heterocycles. The Morgan fingerprint density at radius 2 is 1.81 bits per heavy atom. The van der Waals surface area contributed by atoms with Crippen LogP contribution in [-0.2, 0) is 0 Å². The molecule has 3 N–H and O–H groups in total. The summed E-state index contributed by atoms with van der Waals surface area (Å²) in [6, 6.07) is 13.2. The van der Waals surface area contributed by atoms with Crippen molar-refractivity contribution in [3.63, 3.8) is 0 Å². The van der Waals surface area contributed by atoms with E-state index in [0.29, 0.717) is 17.1 Å². The van der Waals surface area contributed by atoms with Gasteiger partial charge in [-0.25, -0.2) is 4.98 Å². The van der Waals surface area contributed by atoms with Gasteiger partial charge >= 0.3 is 0 Å². The highest BCUT2D eigenvalue weighted by molar-refractivity contribution is 6.13. The average molecular weight is 211 g/mol. The lowest BCUT2D eigenvalue weighted by atomic mass is 10.0. The van der Waals surface area contributed by atoms with Crippen molar-refractivity contribution in [1.29, 1.82) is 5.41 Å². The minimum absolute atomic E-state index is 0.408. The highest BCUT2D eigenvalue weighted by atomic mass is 14.8. The molecule has 2 aromatic rings. The van der Waals surface area contributed by atoms with Crippen LogP contribution in [0.1, 0.15) is 16.8 Å². The van der Waals surface area contributed by atoms with Gasteiger partial charge in [-0.05, 0) is 19.1 Å². The maximum absolute atomic E-state index is 8.06. The van der Waals surface area contributed by atoms with Crippen molar-refractivity contribution in [2.45, 2.75) is 6.92 Å². The number of rotatable bonds is 2. The first-order valence-electron chi connectivity index (χ1n) is 5.06. The Labute approximate surface area is 94.5 Å². The Balaban J connectivity index is 2.42. The summed E-state index contributed by atoms with van der Waals surface area (Å²) in [7, 11) is 0. The minimum atomic E-state index is 0.408. The molecule has 1 aromatic heterocycles.